The third-order valence-electron chi connectivity index (χ3n) is 2.45. The zero-order valence-electron chi connectivity index (χ0n) is 9.78. The van der Waals surface area contributed by atoms with Crippen LogP contribution >= 0.6 is 11.6 Å². The van der Waals surface area contributed by atoms with Gasteiger partial charge in [0.05, 0.1) is 11.3 Å². The van der Waals surface area contributed by atoms with Gasteiger partial charge in [0.1, 0.15) is 5.82 Å². The lowest BCUT2D eigenvalue weighted by Gasteiger charge is -2.11. The van der Waals surface area contributed by atoms with Crippen LogP contribution in [0, 0.1) is 5.82 Å². The predicted octanol–water partition coefficient (Wildman–Crippen LogP) is 2.90. The molecule has 4 nitrogen and oxygen atoms in total. The number of benzene rings is 2. The molecule has 0 spiro atoms. The fourth-order valence-corrected chi connectivity index (χ4v) is 1.88. The minimum Gasteiger partial charge on any atom is -0.399 e. The number of amides is 1. The number of nitrogens with two attached hydrogens (primary N) is 2. The van der Waals surface area contributed by atoms with E-state index in [0.717, 1.165) is 0 Å². The molecular formula is C13H11ClFN3O. The highest BCUT2D eigenvalue weighted by molar-refractivity contribution is 6.30. The van der Waals surface area contributed by atoms with Crippen LogP contribution in [0.15, 0.2) is 36.4 Å². The van der Waals surface area contributed by atoms with Crippen LogP contribution in [0.3, 0.4) is 0 Å². The van der Waals surface area contributed by atoms with Crippen LogP contribution in [0.1, 0.15) is 10.4 Å². The number of carbonyl (C=O) groups is 1. The normalized spacial score (nSPS) is 10.2. The monoisotopic (exact) mass is 279 g/mol. The van der Waals surface area contributed by atoms with Gasteiger partial charge in [-0.3, -0.25) is 4.79 Å². The summed E-state index contributed by atoms with van der Waals surface area (Å²) in [6.07, 6.45) is 0. The Kier molecular flexibility index (Phi) is 3.57. The fourth-order valence-electron chi connectivity index (χ4n) is 1.66. The number of nitrogen functional groups attached to an aromatic ring is 1. The van der Waals surface area contributed by atoms with Crippen molar-refractivity contribution in [2.45, 2.75) is 0 Å². The average molecular weight is 280 g/mol. The molecule has 0 aromatic heterocycles. The molecule has 0 saturated heterocycles. The van der Waals surface area contributed by atoms with E-state index >= 15 is 0 Å². The molecular weight excluding hydrogens is 269 g/mol. The largest absolute Gasteiger partial charge is 0.399 e. The van der Waals surface area contributed by atoms with Gasteiger partial charge in [0.15, 0.2) is 0 Å². The Labute approximate surface area is 114 Å². The molecule has 0 bridgehead atoms. The summed E-state index contributed by atoms with van der Waals surface area (Å²) >= 11 is 5.75. The van der Waals surface area contributed by atoms with Crippen LogP contribution in [0.5, 0.6) is 0 Å². The molecule has 0 fully saturated rings. The van der Waals surface area contributed by atoms with Crippen molar-refractivity contribution in [1.82, 2.24) is 0 Å². The first-order valence-corrected chi connectivity index (χ1v) is 5.76. The van der Waals surface area contributed by atoms with Crippen molar-refractivity contribution in [1.29, 1.82) is 0 Å². The van der Waals surface area contributed by atoms with Gasteiger partial charge in [-0.25, -0.2) is 4.39 Å². The first-order chi connectivity index (χ1) is 8.95. The van der Waals surface area contributed by atoms with Crippen LogP contribution in [0.2, 0.25) is 5.02 Å². The number of halogens is 2. The van der Waals surface area contributed by atoms with Crippen molar-refractivity contribution in [3.8, 4) is 0 Å². The number of hydrogen-bond acceptors (Lipinski definition) is 3. The smallest absolute Gasteiger partial charge is 0.250 e. The molecule has 2 rings (SSSR count). The van der Waals surface area contributed by atoms with Crippen molar-refractivity contribution in [2.24, 2.45) is 5.73 Å². The summed E-state index contributed by atoms with van der Waals surface area (Å²) < 4.78 is 13.2. The third kappa shape index (κ3) is 3.14. The Morgan fingerprint density at radius 1 is 1.21 bits per heavy atom. The van der Waals surface area contributed by atoms with Crippen LogP contribution < -0.4 is 16.8 Å². The van der Waals surface area contributed by atoms with Gasteiger partial charge in [-0.05, 0) is 36.4 Å². The average Bonchev–Trinajstić information content (AvgIpc) is 2.26. The van der Waals surface area contributed by atoms with E-state index in [0.29, 0.717) is 17.1 Å². The number of anilines is 3. The molecule has 6 heteroatoms. The Balaban J connectivity index is 2.42. The second-order valence-electron chi connectivity index (χ2n) is 3.95. The summed E-state index contributed by atoms with van der Waals surface area (Å²) in [5, 5.41) is 3.11. The van der Waals surface area contributed by atoms with Gasteiger partial charge in [0.25, 0.3) is 5.91 Å². The fraction of sp³-hybridized carbons (Fsp3) is 0. The van der Waals surface area contributed by atoms with E-state index in [9.17, 15) is 9.18 Å². The van der Waals surface area contributed by atoms with Crippen molar-refractivity contribution in [3.63, 3.8) is 0 Å². The van der Waals surface area contributed by atoms with Crippen LogP contribution in [0.4, 0.5) is 21.5 Å². The number of carbonyl (C=O) groups excluding carboxylic acids is 1. The SMILES string of the molecule is NC(=O)c1ccc(N)cc1Nc1cc(F)cc(Cl)c1. The van der Waals surface area contributed by atoms with E-state index in [1.165, 1.54) is 24.3 Å². The van der Waals surface area contributed by atoms with Gasteiger partial charge in [0, 0.05) is 16.4 Å². The summed E-state index contributed by atoms with van der Waals surface area (Å²) in [5.41, 5.74) is 12.4. The number of primary amides is 1. The zero-order chi connectivity index (χ0) is 14.0. The van der Waals surface area contributed by atoms with Gasteiger partial charge >= 0.3 is 0 Å². The van der Waals surface area contributed by atoms with Gasteiger partial charge in [-0.2, -0.15) is 0 Å². The highest BCUT2D eigenvalue weighted by Crippen LogP contribution is 2.26. The van der Waals surface area contributed by atoms with E-state index in [4.69, 9.17) is 23.1 Å². The summed E-state index contributed by atoms with van der Waals surface area (Å²) in [5.74, 6) is -1.09. The van der Waals surface area contributed by atoms with Crippen LogP contribution in [-0.4, -0.2) is 5.91 Å². The number of hydrogen-bond donors (Lipinski definition) is 3. The molecule has 2 aromatic carbocycles. The molecule has 0 saturated carbocycles. The summed E-state index contributed by atoms with van der Waals surface area (Å²) in [6, 6.07) is 8.56. The maximum atomic E-state index is 13.2. The highest BCUT2D eigenvalue weighted by Gasteiger charge is 2.09. The maximum Gasteiger partial charge on any atom is 0.250 e. The lowest BCUT2D eigenvalue weighted by Crippen LogP contribution is -2.13. The van der Waals surface area contributed by atoms with Gasteiger partial charge < -0.3 is 16.8 Å². The quantitative estimate of drug-likeness (QED) is 0.756. The molecule has 0 unspecified atom stereocenters. The minimum atomic E-state index is -0.606. The van der Waals surface area contributed by atoms with Crippen molar-refractivity contribution in [3.05, 3.63) is 52.8 Å². The second kappa shape index (κ2) is 5.16. The second-order valence-corrected chi connectivity index (χ2v) is 4.39. The van der Waals surface area contributed by atoms with Crippen molar-refractivity contribution < 1.29 is 9.18 Å². The van der Waals surface area contributed by atoms with E-state index in [1.807, 2.05) is 0 Å². The standard InChI is InChI=1S/C13H11ClFN3O/c14-7-3-8(15)5-10(4-7)18-12-6-9(16)1-2-11(12)13(17)19/h1-6,18H,16H2,(H2,17,19). The number of nitrogens with one attached hydrogen (secondary N) is 1. The summed E-state index contributed by atoms with van der Waals surface area (Å²) in [7, 11) is 0. The topological polar surface area (TPSA) is 81.1 Å². The van der Waals surface area contributed by atoms with Gasteiger partial charge in [-0.1, -0.05) is 11.6 Å². The molecule has 2 aromatic rings. The molecule has 0 aliphatic heterocycles. The molecule has 0 radical (unpaired) electrons. The van der Waals surface area contributed by atoms with E-state index < -0.39 is 11.7 Å². The predicted molar refractivity (Wildman–Crippen MR) is 74.1 cm³/mol. The number of rotatable bonds is 3. The molecule has 0 heterocycles. The Morgan fingerprint density at radius 3 is 2.58 bits per heavy atom. The molecule has 0 atom stereocenters. The molecule has 5 N–H and O–H groups in total. The first-order valence-electron chi connectivity index (χ1n) is 5.38. The Morgan fingerprint density at radius 2 is 1.95 bits per heavy atom. The van der Waals surface area contributed by atoms with Crippen LogP contribution in [0.25, 0.3) is 0 Å². The van der Waals surface area contributed by atoms with Crippen molar-refractivity contribution in [2.75, 3.05) is 11.1 Å². The summed E-state index contributed by atoms with van der Waals surface area (Å²) in [6.45, 7) is 0. The highest BCUT2D eigenvalue weighted by atomic mass is 35.5. The Bertz CT molecular complexity index is 626. The van der Waals surface area contributed by atoms with E-state index in [1.54, 1.807) is 12.1 Å². The molecule has 0 aliphatic rings. The minimum absolute atomic E-state index is 0.243. The third-order valence-corrected chi connectivity index (χ3v) is 2.67. The molecule has 19 heavy (non-hydrogen) atoms. The lowest BCUT2D eigenvalue weighted by atomic mass is 10.1. The Hall–Kier alpha value is -2.27. The van der Waals surface area contributed by atoms with E-state index in [2.05, 4.69) is 5.32 Å². The first kappa shape index (κ1) is 13.2. The zero-order valence-corrected chi connectivity index (χ0v) is 10.5. The lowest BCUT2D eigenvalue weighted by molar-refractivity contribution is 0.100. The summed E-state index contributed by atoms with van der Waals surface area (Å²) in [4.78, 5) is 11.3. The maximum absolute atomic E-state index is 13.2. The van der Waals surface area contributed by atoms with Gasteiger partial charge in [-0.15, -0.1) is 0 Å². The van der Waals surface area contributed by atoms with E-state index in [-0.39, 0.29) is 10.6 Å². The van der Waals surface area contributed by atoms with Crippen LogP contribution in [-0.2, 0) is 0 Å². The molecule has 98 valence electrons. The molecule has 1 amide bonds. The molecule has 0 aliphatic carbocycles. The van der Waals surface area contributed by atoms with Gasteiger partial charge in [0.2, 0.25) is 0 Å². The van der Waals surface area contributed by atoms with Crippen molar-refractivity contribution >= 4 is 34.6 Å².